The fourth-order valence-corrected chi connectivity index (χ4v) is 4.19. The number of rotatable bonds is 4. The van der Waals surface area contributed by atoms with Crippen LogP contribution in [0.5, 0.6) is 0 Å². The van der Waals surface area contributed by atoms with Crippen LogP contribution < -0.4 is 15.5 Å². The molecule has 0 radical (unpaired) electrons. The standard InChI is InChI=1S/C23H31N3S/c1-16-6-5-11-26(15-16)22-9-7-20(8-10-22)19(4)24-23(27)25-21-13-17(2)12-18(3)14-21/h7-10,12-14,16,19H,5-6,11,15H2,1-4H3,(H2,24,25,27)/t16-,19+/m0/s1. The molecule has 0 unspecified atom stereocenters. The summed E-state index contributed by atoms with van der Waals surface area (Å²) in [5, 5.41) is 7.35. The third kappa shape index (κ3) is 5.46. The molecule has 27 heavy (non-hydrogen) atoms. The third-order valence-electron chi connectivity index (χ3n) is 5.24. The molecule has 0 aromatic heterocycles. The fourth-order valence-electron chi connectivity index (χ4n) is 3.89. The molecule has 2 atom stereocenters. The predicted molar refractivity (Wildman–Crippen MR) is 121 cm³/mol. The Morgan fingerprint density at radius 1 is 1.11 bits per heavy atom. The molecule has 2 N–H and O–H groups in total. The number of aryl methyl sites for hydroxylation is 2. The maximum atomic E-state index is 5.51. The van der Waals surface area contributed by atoms with E-state index in [1.165, 1.54) is 41.8 Å². The topological polar surface area (TPSA) is 27.3 Å². The van der Waals surface area contributed by atoms with Crippen LogP contribution in [0.4, 0.5) is 11.4 Å². The van der Waals surface area contributed by atoms with E-state index in [1.54, 1.807) is 0 Å². The summed E-state index contributed by atoms with van der Waals surface area (Å²) < 4.78 is 0. The number of nitrogens with zero attached hydrogens (tertiary/aromatic N) is 1. The molecule has 1 aliphatic rings. The van der Waals surface area contributed by atoms with Gasteiger partial charge < -0.3 is 15.5 Å². The zero-order chi connectivity index (χ0) is 19.4. The van der Waals surface area contributed by atoms with Crippen LogP contribution >= 0.6 is 12.2 Å². The quantitative estimate of drug-likeness (QED) is 0.675. The van der Waals surface area contributed by atoms with Gasteiger partial charge in [0, 0.05) is 24.5 Å². The van der Waals surface area contributed by atoms with Crippen molar-refractivity contribution in [2.24, 2.45) is 5.92 Å². The first kappa shape index (κ1) is 19.7. The van der Waals surface area contributed by atoms with Gasteiger partial charge in [0.25, 0.3) is 0 Å². The Bertz CT molecular complexity index is 764. The van der Waals surface area contributed by atoms with Crippen LogP contribution in [0.1, 0.15) is 49.4 Å². The highest BCUT2D eigenvalue weighted by Crippen LogP contribution is 2.24. The minimum Gasteiger partial charge on any atom is -0.371 e. The second kappa shape index (κ2) is 8.75. The summed E-state index contributed by atoms with van der Waals surface area (Å²) >= 11 is 5.51. The number of anilines is 2. The number of nitrogens with one attached hydrogen (secondary N) is 2. The highest BCUT2D eigenvalue weighted by molar-refractivity contribution is 7.80. The van der Waals surface area contributed by atoms with Gasteiger partial charge in [-0.25, -0.2) is 0 Å². The average Bonchev–Trinajstić information content (AvgIpc) is 2.60. The Kier molecular flexibility index (Phi) is 6.38. The van der Waals surface area contributed by atoms with E-state index in [0.717, 1.165) is 18.2 Å². The molecule has 1 saturated heterocycles. The molecule has 0 saturated carbocycles. The first-order valence-corrected chi connectivity index (χ1v) is 10.3. The first-order valence-electron chi connectivity index (χ1n) is 9.91. The molecule has 0 spiro atoms. The summed E-state index contributed by atoms with van der Waals surface area (Å²) in [6.45, 7) is 11.0. The van der Waals surface area contributed by atoms with Crippen molar-refractivity contribution in [1.82, 2.24) is 5.32 Å². The second-order valence-corrected chi connectivity index (χ2v) is 8.39. The van der Waals surface area contributed by atoms with Gasteiger partial charge in [0.2, 0.25) is 0 Å². The highest BCUT2D eigenvalue weighted by atomic mass is 32.1. The van der Waals surface area contributed by atoms with Crippen LogP contribution in [-0.4, -0.2) is 18.2 Å². The predicted octanol–water partition coefficient (Wildman–Crippen LogP) is 5.59. The monoisotopic (exact) mass is 381 g/mol. The molecule has 3 rings (SSSR count). The Morgan fingerprint density at radius 3 is 2.41 bits per heavy atom. The van der Waals surface area contributed by atoms with Gasteiger partial charge >= 0.3 is 0 Å². The van der Waals surface area contributed by atoms with Crippen LogP contribution in [0, 0.1) is 19.8 Å². The lowest BCUT2D eigenvalue weighted by Gasteiger charge is -2.33. The summed E-state index contributed by atoms with van der Waals surface area (Å²) in [6, 6.07) is 15.5. The van der Waals surface area contributed by atoms with Crippen LogP contribution in [0.2, 0.25) is 0 Å². The molecular weight excluding hydrogens is 350 g/mol. The normalized spacial score (nSPS) is 18.1. The van der Waals surface area contributed by atoms with Crippen LogP contribution in [0.15, 0.2) is 42.5 Å². The van der Waals surface area contributed by atoms with Gasteiger partial charge in [-0.2, -0.15) is 0 Å². The van der Waals surface area contributed by atoms with E-state index in [4.69, 9.17) is 12.2 Å². The molecule has 2 aromatic carbocycles. The van der Waals surface area contributed by atoms with E-state index in [2.05, 4.69) is 85.7 Å². The van der Waals surface area contributed by atoms with Gasteiger partial charge in [-0.1, -0.05) is 25.1 Å². The number of hydrogen-bond donors (Lipinski definition) is 2. The zero-order valence-corrected chi connectivity index (χ0v) is 17.7. The minimum atomic E-state index is 0.158. The van der Waals surface area contributed by atoms with Crippen LogP contribution in [-0.2, 0) is 0 Å². The Hall–Kier alpha value is -2.07. The summed E-state index contributed by atoms with van der Waals surface area (Å²) in [4.78, 5) is 2.50. The SMILES string of the molecule is Cc1cc(C)cc(NC(=S)N[C@H](C)c2ccc(N3CCC[C@H](C)C3)cc2)c1. The van der Waals surface area contributed by atoms with Crippen molar-refractivity contribution in [1.29, 1.82) is 0 Å². The van der Waals surface area contributed by atoms with Gasteiger partial charge in [-0.15, -0.1) is 0 Å². The second-order valence-electron chi connectivity index (χ2n) is 7.98. The van der Waals surface area contributed by atoms with Gasteiger partial charge in [0.15, 0.2) is 5.11 Å². The minimum absolute atomic E-state index is 0.158. The molecule has 1 aliphatic heterocycles. The summed E-state index contributed by atoms with van der Waals surface area (Å²) in [6.07, 6.45) is 2.64. The highest BCUT2D eigenvalue weighted by Gasteiger charge is 2.17. The van der Waals surface area contributed by atoms with E-state index in [0.29, 0.717) is 5.11 Å². The molecule has 4 heteroatoms. The lowest BCUT2D eigenvalue weighted by Crippen LogP contribution is -2.34. The molecule has 0 aliphatic carbocycles. The zero-order valence-electron chi connectivity index (χ0n) is 16.9. The van der Waals surface area contributed by atoms with Crippen molar-refractivity contribution >= 4 is 28.7 Å². The van der Waals surface area contributed by atoms with Crippen molar-refractivity contribution in [2.45, 2.75) is 46.6 Å². The fraction of sp³-hybridized carbons (Fsp3) is 0.435. The van der Waals surface area contributed by atoms with Gasteiger partial charge in [0.05, 0.1) is 6.04 Å². The average molecular weight is 382 g/mol. The molecule has 1 fully saturated rings. The maximum absolute atomic E-state index is 5.51. The first-order chi connectivity index (χ1) is 12.9. The van der Waals surface area contributed by atoms with Crippen molar-refractivity contribution in [3.05, 3.63) is 59.2 Å². The summed E-state index contributed by atoms with van der Waals surface area (Å²) in [7, 11) is 0. The van der Waals surface area contributed by atoms with Gasteiger partial charge in [-0.3, -0.25) is 0 Å². The Labute approximate surface area is 169 Å². The molecule has 0 bridgehead atoms. The van der Waals surface area contributed by atoms with E-state index in [1.807, 2.05) is 0 Å². The van der Waals surface area contributed by atoms with E-state index < -0.39 is 0 Å². The van der Waals surface area contributed by atoms with E-state index >= 15 is 0 Å². The molecule has 0 amide bonds. The summed E-state index contributed by atoms with van der Waals surface area (Å²) in [5.41, 5.74) is 6.07. The number of thiocarbonyl (C=S) groups is 1. The maximum Gasteiger partial charge on any atom is 0.171 e. The van der Waals surface area contributed by atoms with Gasteiger partial charge in [0.1, 0.15) is 0 Å². The van der Waals surface area contributed by atoms with E-state index in [9.17, 15) is 0 Å². The molecule has 1 heterocycles. The Balaban J connectivity index is 1.58. The molecular formula is C23H31N3S. The van der Waals surface area contributed by atoms with Crippen molar-refractivity contribution in [2.75, 3.05) is 23.3 Å². The van der Waals surface area contributed by atoms with Crippen LogP contribution in [0.25, 0.3) is 0 Å². The molecule has 2 aromatic rings. The lowest BCUT2D eigenvalue weighted by molar-refractivity contribution is 0.447. The molecule has 144 valence electrons. The number of piperidine rings is 1. The lowest BCUT2D eigenvalue weighted by atomic mass is 9.99. The van der Waals surface area contributed by atoms with Crippen LogP contribution in [0.3, 0.4) is 0 Å². The molecule has 3 nitrogen and oxygen atoms in total. The smallest absolute Gasteiger partial charge is 0.171 e. The number of benzene rings is 2. The van der Waals surface area contributed by atoms with Gasteiger partial charge in [-0.05, 0) is 92.7 Å². The number of hydrogen-bond acceptors (Lipinski definition) is 2. The summed E-state index contributed by atoms with van der Waals surface area (Å²) in [5.74, 6) is 0.785. The van der Waals surface area contributed by atoms with E-state index in [-0.39, 0.29) is 6.04 Å². The third-order valence-corrected chi connectivity index (χ3v) is 5.46. The van der Waals surface area contributed by atoms with Crippen molar-refractivity contribution in [3.8, 4) is 0 Å². The largest absolute Gasteiger partial charge is 0.371 e. The van der Waals surface area contributed by atoms with Crippen molar-refractivity contribution < 1.29 is 0 Å². The Morgan fingerprint density at radius 2 is 1.78 bits per heavy atom. The van der Waals surface area contributed by atoms with Crippen molar-refractivity contribution in [3.63, 3.8) is 0 Å².